The van der Waals surface area contributed by atoms with E-state index in [1.54, 1.807) is 0 Å². The van der Waals surface area contributed by atoms with Crippen molar-refractivity contribution in [2.24, 2.45) is 11.7 Å². The lowest BCUT2D eigenvalue weighted by molar-refractivity contribution is 0.459. The van der Waals surface area contributed by atoms with Crippen LogP contribution in [-0.2, 0) is 6.42 Å². The van der Waals surface area contributed by atoms with E-state index in [0.717, 1.165) is 12.3 Å². The molecule has 0 saturated heterocycles. The van der Waals surface area contributed by atoms with Gasteiger partial charge >= 0.3 is 0 Å². The average molecular weight is 233 g/mol. The van der Waals surface area contributed by atoms with E-state index in [2.05, 4.69) is 16.9 Å². The number of nitrogens with zero attached hydrogens (tertiary/aromatic N) is 2. The molecule has 2 aliphatic carbocycles. The predicted molar refractivity (Wildman–Crippen MR) is 68.8 cm³/mol. The molecule has 1 aromatic rings. The Morgan fingerprint density at radius 3 is 2.76 bits per heavy atom. The molecule has 1 unspecified atom stereocenters. The van der Waals surface area contributed by atoms with Gasteiger partial charge in [0.05, 0.1) is 11.7 Å². The lowest BCUT2D eigenvalue weighted by atomic mass is 10.1. The molecule has 0 amide bonds. The zero-order valence-electron chi connectivity index (χ0n) is 10.5. The summed E-state index contributed by atoms with van der Waals surface area (Å²) in [5.74, 6) is 0.918. The van der Waals surface area contributed by atoms with Gasteiger partial charge in [-0.05, 0) is 31.2 Å². The lowest BCUT2D eigenvalue weighted by Gasteiger charge is -2.10. The van der Waals surface area contributed by atoms with Gasteiger partial charge in [0.15, 0.2) is 0 Å². The Bertz CT molecular complexity index is 361. The van der Waals surface area contributed by atoms with Crippen LogP contribution in [0.2, 0.25) is 0 Å². The van der Waals surface area contributed by atoms with Crippen molar-refractivity contribution in [3.8, 4) is 0 Å². The number of rotatable bonds is 5. The van der Waals surface area contributed by atoms with Gasteiger partial charge in [-0.3, -0.25) is 4.68 Å². The van der Waals surface area contributed by atoms with Crippen LogP contribution in [0.1, 0.15) is 56.7 Å². The minimum atomic E-state index is 0.314. The fourth-order valence-electron chi connectivity index (χ4n) is 2.99. The number of aromatic nitrogens is 2. The van der Waals surface area contributed by atoms with Crippen molar-refractivity contribution in [3.63, 3.8) is 0 Å². The number of hydrogen-bond acceptors (Lipinski definition) is 2. The number of hydrogen-bond donors (Lipinski definition) is 1. The molecule has 1 aromatic heterocycles. The van der Waals surface area contributed by atoms with Crippen molar-refractivity contribution in [1.29, 1.82) is 0 Å². The van der Waals surface area contributed by atoms with Crippen LogP contribution in [0.4, 0.5) is 0 Å². The fraction of sp³-hybridized carbons (Fsp3) is 0.786. The van der Waals surface area contributed by atoms with Gasteiger partial charge in [-0.1, -0.05) is 25.7 Å². The van der Waals surface area contributed by atoms with E-state index in [1.807, 2.05) is 0 Å². The summed E-state index contributed by atoms with van der Waals surface area (Å²) in [6, 6.07) is 3.13. The third-order valence-electron chi connectivity index (χ3n) is 4.17. The van der Waals surface area contributed by atoms with Crippen molar-refractivity contribution in [3.05, 3.63) is 18.0 Å². The molecule has 2 N–H and O–H groups in total. The summed E-state index contributed by atoms with van der Waals surface area (Å²) in [6.07, 6.45) is 12.4. The van der Waals surface area contributed by atoms with Crippen LogP contribution in [0.5, 0.6) is 0 Å². The van der Waals surface area contributed by atoms with E-state index in [4.69, 9.17) is 10.8 Å². The quantitative estimate of drug-likeness (QED) is 0.849. The first-order valence-electron chi connectivity index (χ1n) is 7.11. The van der Waals surface area contributed by atoms with Crippen molar-refractivity contribution < 1.29 is 0 Å². The predicted octanol–water partition coefficient (Wildman–Crippen LogP) is 2.67. The first-order chi connectivity index (χ1) is 8.31. The molecule has 3 nitrogen and oxygen atoms in total. The molecule has 0 spiro atoms. The third-order valence-corrected chi connectivity index (χ3v) is 4.17. The van der Waals surface area contributed by atoms with E-state index in [9.17, 15) is 0 Å². The van der Waals surface area contributed by atoms with Crippen molar-refractivity contribution in [2.45, 2.75) is 63.5 Å². The molecule has 94 valence electrons. The summed E-state index contributed by atoms with van der Waals surface area (Å²) in [4.78, 5) is 0. The molecule has 17 heavy (non-hydrogen) atoms. The highest BCUT2D eigenvalue weighted by molar-refractivity contribution is 5.03. The van der Waals surface area contributed by atoms with Crippen molar-refractivity contribution in [2.75, 3.05) is 0 Å². The minimum Gasteiger partial charge on any atom is -0.327 e. The topological polar surface area (TPSA) is 43.8 Å². The summed E-state index contributed by atoms with van der Waals surface area (Å²) < 4.78 is 2.17. The molecule has 1 atom stereocenters. The molecule has 2 aliphatic rings. The first-order valence-corrected chi connectivity index (χ1v) is 7.11. The van der Waals surface area contributed by atoms with E-state index in [1.165, 1.54) is 50.6 Å². The lowest BCUT2D eigenvalue weighted by Crippen LogP contribution is -2.23. The molecule has 0 radical (unpaired) electrons. The highest BCUT2D eigenvalue weighted by atomic mass is 15.3. The maximum atomic E-state index is 6.16. The van der Waals surface area contributed by atoms with Gasteiger partial charge in [0.25, 0.3) is 0 Å². The second kappa shape index (κ2) is 4.81. The van der Waals surface area contributed by atoms with Gasteiger partial charge in [0.2, 0.25) is 0 Å². The minimum absolute atomic E-state index is 0.314. The monoisotopic (exact) mass is 233 g/mol. The maximum Gasteiger partial charge on any atom is 0.0640 e. The Kier molecular flexibility index (Phi) is 3.19. The van der Waals surface area contributed by atoms with Gasteiger partial charge < -0.3 is 5.73 Å². The molecular formula is C14H23N3. The molecule has 3 rings (SSSR count). The van der Waals surface area contributed by atoms with Crippen LogP contribution in [0.15, 0.2) is 12.3 Å². The van der Waals surface area contributed by atoms with Gasteiger partial charge in [-0.15, -0.1) is 0 Å². The molecule has 1 heterocycles. The second-order valence-corrected chi connectivity index (χ2v) is 5.87. The number of nitrogens with two attached hydrogens (primary N) is 1. The summed E-state index contributed by atoms with van der Waals surface area (Å²) in [5, 5.41) is 4.70. The molecule has 3 heteroatoms. The average Bonchev–Trinajstić information content (AvgIpc) is 2.84. The highest BCUT2D eigenvalue weighted by Gasteiger charge is 2.24. The first kappa shape index (κ1) is 11.3. The SMILES string of the molecule is NC(Cc1ccn(C2CCCC2)n1)CC1CC1. The third kappa shape index (κ3) is 2.89. The molecule has 0 bridgehead atoms. The van der Waals surface area contributed by atoms with E-state index >= 15 is 0 Å². The Labute approximate surface area is 103 Å². The van der Waals surface area contributed by atoms with Gasteiger partial charge in [-0.2, -0.15) is 5.10 Å². The highest BCUT2D eigenvalue weighted by Crippen LogP contribution is 2.33. The van der Waals surface area contributed by atoms with Crippen molar-refractivity contribution >= 4 is 0 Å². The largest absolute Gasteiger partial charge is 0.327 e. The van der Waals surface area contributed by atoms with Crippen LogP contribution >= 0.6 is 0 Å². The summed E-state index contributed by atoms with van der Waals surface area (Å²) in [7, 11) is 0. The van der Waals surface area contributed by atoms with Crippen LogP contribution in [0, 0.1) is 5.92 Å². The Balaban J connectivity index is 1.55. The molecule has 0 aromatic carbocycles. The fourth-order valence-corrected chi connectivity index (χ4v) is 2.99. The zero-order chi connectivity index (χ0) is 11.7. The molecule has 2 fully saturated rings. The second-order valence-electron chi connectivity index (χ2n) is 5.87. The van der Waals surface area contributed by atoms with Crippen LogP contribution < -0.4 is 5.73 Å². The van der Waals surface area contributed by atoms with Crippen LogP contribution in [0.25, 0.3) is 0 Å². The van der Waals surface area contributed by atoms with Gasteiger partial charge in [0.1, 0.15) is 0 Å². The zero-order valence-corrected chi connectivity index (χ0v) is 10.5. The molecule has 0 aliphatic heterocycles. The Morgan fingerprint density at radius 2 is 2.06 bits per heavy atom. The van der Waals surface area contributed by atoms with E-state index < -0.39 is 0 Å². The van der Waals surface area contributed by atoms with Crippen LogP contribution in [-0.4, -0.2) is 15.8 Å². The summed E-state index contributed by atoms with van der Waals surface area (Å²) >= 11 is 0. The smallest absolute Gasteiger partial charge is 0.0640 e. The normalized spacial score (nSPS) is 23.1. The maximum absolute atomic E-state index is 6.16. The van der Waals surface area contributed by atoms with E-state index in [0.29, 0.717) is 12.1 Å². The Morgan fingerprint density at radius 1 is 1.29 bits per heavy atom. The molecule has 2 saturated carbocycles. The van der Waals surface area contributed by atoms with Crippen molar-refractivity contribution in [1.82, 2.24) is 9.78 Å². The molecular weight excluding hydrogens is 210 g/mol. The Hall–Kier alpha value is -0.830. The summed E-state index contributed by atoms with van der Waals surface area (Å²) in [6.45, 7) is 0. The van der Waals surface area contributed by atoms with Gasteiger partial charge in [0, 0.05) is 18.7 Å². The van der Waals surface area contributed by atoms with Gasteiger partial charge in [-0.25, -0.2) is 0 Å². The standard InChI is InChI=1S/C14H23N3/c15-12(9-11-5-6-11)10-13-7-8-17(16-13)14-3-1-2-4-14/h7-8,11-12,14H,1-6,9-10,15H2. The summed E-state index contributed by atoms with van der Waals surface area (Å²) in [5.41, 5.74) is 7.35. The van der Waals surface area contributed by atoms with E-state index in [-0.39, 0.29) is 0 Å². The van der Waals surface area contributed by atoms with Crippen LogP contribution in [0.3, 0.4) is 0 Å².